The van der Waals surface area contributed by atoms with Crippen LogP contribution in [0.1, 0.15) is 24.4 Å². The van der Waals surface area contributed by atoms with Gasteiger partial charge in [-0.05, 0) is 36.5 Å². The highest BCUT2D eigenvalue weighted by molar-refractivity contribution is 5.85. The van der Waals surface area contributed by atoms with E-state index in [0.29, 0.717) is 19.1 Å². The van der Waals surface area contributed by atoms with Crippen LogP contribution in [0, 0.1) is 5.92 Å². The lowest BCUT2D eigenvalue weighted by Gasteiger charge is -2.41. The SMILES string of the molecule is Cl.Cl.FC(F)(F)Oc1cccc([C@H](C2CCOCC2)N2CCNCC2)c1. The van der Waals surface area contributed by atoms with Crippen molar-refractivity contribution in [3.63, 3.8) is 0 Å². The van der Waals surface area contributed by atoms with E-state index in [9.17, 15) is 13.2 Å². The summed E-state index contributed by atoms with van der Waals surface area (Å²) in [5.41, 5.74) is 0.894. The van der Waals surface area contributed by atoms with Crippen LogP contribution in [-0.2, 0) is 4.74 Å². The summed E-state index contributed by atoms with van der Waals surface area (Å²) in [5.74, 6) is 0.241. The van der Waals surface area contributed by atoms with Crippen LogP contribution in [0.3, 0.4) is 0 Å². The minimum atomic E-state index is -4.66. The van der Waals surface area contributed by atoms with Gasteiger partial charge in [0.15, 0.2) is 0 Å². The first-order chi connectivity index (χ1) is 11.5. The zero-order chi connectivity index (χ0) is 17.0. The summed E-state index contributed by atoms with van der Waals surface area (Å²) >= 11 is 0. The van der Waals surface area contributed by atoms with Gasteiger partial charge in [0.1, 0.15) is 5.75 Å². The first-order valence-electron chi connectivity index (χ1n) is 8.41. The van der Waals surface area contributed by atoms with Gasteiger partial charge < -0.3 is 14.8 Å². The largest absolute Gasteiger partial charge is 0.573 e. The van der Waals surface area contributed by atoms with Gasteiger partial charge in [-0.2, -0.15) is 0 Å². The predicted molar refractivity (Wildman–Crippen MR) is 98.3 cm³/mol. The number of piperazine rings is 1. The molecule has 150 valence electrons. The minimum Gasteiger partial charge on any atom is -0.406 e. The second-order valence-corrected chi connectivity index (χ2v) is 6.30. The van der Waals surface area contributed by atoms with Gasteiger partial charge in [0.25, 0.3) is 0 Å². The summed E-state index contributed by atoms with van der Waals surface area (Å²) in [6.07, 6.45) is -2.81. The average molecular weight is 417 g/mol. The van der Waals surface area contributed by atoms with E-state index in [2.05, 4.69) is 15.0 Å². The first kappa shape index (κ1) is 23.3. The zero-order valence-electron chi connectivity index (χ0n) is 14.3. The molecule has 4 nitrogen and oxygen atoms in total. The third-order valence-electron chi connectivity index (χ3n) is 4.69. The quantitative estimate of drug-likeness (QED) is 0.808. The van der Waals surface area contributed by atoms with E-state index < -0.39 is 6.36 Å². The van der Waals surface area contributed by atoms with Crippen LogP contribution in [0.15, 0.2) is 24.3 Å². The molecule has 0 bridgehead atoms. The topological polar surface area (TPSA) is 33.7 Å². The van der Waals surface area contributed by atoms with Crippen molar-refractivity contribution in [2.24, 2.45) is 5.92 Å². The fourth-order valence-electron chi connectivity index (χ4n) is 3.67. The number of hydrogen-bond donors (Lipinski definition) is 1. The maximum absolute atomic E-state index is 12.5. The Morgan fingerprint density at radius 1 is 1.12 bits per heavy atom. The van der Waals surface area contributed by atoms with Crippen LogP contribution in [0.2, 0.25) is 0 Å². The van der Waals surface area contributed by atoms with Crippen molar-refractivity contribution in [2.45, 2.75) is 25.2 Å². The van der Waals surface area contributed by atoms with E-state index in [4.69, 9.17) is 4.74 Å². The maximum atomic E-state index is 12.5. The molecule has 0 aromatic heterocycles. The third-order valence-corrected chi connectivity index (χ3v) is 4.69. The third kappa shape index (κ3) is 6.46. The summed E-state index contributed by atoms with van der Waals surface area (Å²) in [7, 11) is 0. The van der Waals surface area contributed by atoms with Gasteiger partial charge in [0.05, 0.1) is 0 Å². The number of benzene rings is 1. The monoisotopic (exact) mass is 416 g/mol. The van der Waals surface area contributed by atoms with E-state index in [1.165, 1.54) is 12.1 Å². The lowest BCUT2D eigenvalue weighted by molar-refractivity contribution is -0.274. The van der Waals surface area contributed by atoms with E-state index in [1.54, 1.807) is 6.07 Å². The molecule has 9 heteroatoms. The van der Waals surface area contributed by atoms with Gasteiger partial charge in [-0.15, -0.1) is 38.0 Å². The van der Waals surface area contributed by atoms with Crippen LogP contribution < -0.4 is 10.1 Å². The predicted octanol–water partition coefficient (Wildman–Crippen LogP) is 3.80. The lowest BCUT2D eigenvalue weighted by atomic mass is 9.85. The first-order valence-corrected chi connectivity index (χ1v) is 8.41. The Labute approximate surface area is 164 Å². The molecule has 0 amide bonds. The molecule has 0 saturated carbocycles. The summed E-state index contributed by atoms with van der Waals surface area (Å²) in [6.45, 7) is 5.02. The standard InChI is InChI=1S/C17H23F3N2O2.2ClH/c18-17(19,20)24-15-3-1-2-14(12-15)16(13-4-10-23-11-5-13)22-8-6-21-7-9-22;;/h1-3,12-13,16,21H,4-11H2;2*1H/t16-;;/m0../s1. The van der Waals surface area contributed by atoms with Gasteiger partial charge >= 0.3 is 6.36 Å². The normalized spacial score (nSPS) is 20.6. The Morgan fingerprint density at radius 3 is 2.38 bits per heavy atom. The van der Waals surface area contributed by atoms with Crippen LogP contribution in [0.25, 0.3) is 0 Å². The number of alkyl halides is 3. The number of nitrogens with zero attached hydrogens (tertiary/aromatic N) is 1. The van der Waals surface area contributed by atoms with Gasteiger partial charge in [0.2, 0.25) is 0 Å². The molecular formula is C17H25Cl2F3N2O2. The van der Waals surface area contributed by atoms with Gasteiger partial charge in [-0.3, -0.25) is 4.90 Å². The second-order valence-electron chi connectivity index (χ2n) is 6.30. The minimum absolute atomic E-state index is 0. The van der Waals surface area contributed by atoms with E-state index in [0.717, 1.165) is 44.6 Å². The summed E-state index contributed by atoms with van der Waals surface area (Å²) < 4.78 is 47.1. The Hall–Kier alpha value is -0.730. The highest BCUT2D eigenvalue weighted by atomic mass is 35.5. The smallest absolute Gasteiger partial charge is 0.406 e. The van der Waals surface area contributed by atoms with Gasteiger partial charge in [-0.25, -0.2) is 0 Å². The van der Waals surface area contributed by atoms with Crippen molar-refractivity contribution in [2.75, 3.05) is 39.4 Å². The molecule has 2 heterocycles. The average Bonchev–Trinajstić information content (AvgIpc) is 2.56. The number of rotatable bonds is 4. The summed E-state index contributed by atoms with van der Waals surface area (Å²) in [6, 6.07) is 6.55. The highest BCUT2D eigenvalue weighted by Crippen LogP contribution is 2.37. The molecule has 1 aromatic carbocycles. The molecule has 2 aliphatic rings. The van der Waals surface area contributed by atoms with Crippen molar-refractivity contribution >= 4 is 24.8 Å². The number of ether oxygens (including phenoxy) is 2. The molecule has 1 aromatic rings. The number of hydrogen-bond acceptors (Lipinski definition) is 4. The van der Waals surface area contributed by atoms with Crippen LogP contribution >= 0.6 is 24.8 Å². The number of halogens is 5. The highest BCUT2D eigenvalue weighted by Gasteiger charge is 2.33. The van der Waals surface area contributed by atoms with Gasteiger partial charge in [-0.1, -0.05) is 12.1 Å². The molecule has 0 aliphatic carbocycles. The molecule has 3 rings (SSSR count). The lowest BCUT2D eigenvalue weighted by Crippen LogP contribution is -2.47. The molecular weight excluding hydrogens is 392 g/mol. The molecule has 2 saturated heterocycles. The van der Waals surface area contributed by atoms with Crippen molar-refractivity contribution in [3.05, 3.63) is 29.8 Å². The van der Waals surface area contributed by atoms with E-state index >= 15 is 0 Å². The molecule has 0 radical (unpaired) electrons. The fraction of sp³-hybridized carbons (Fsp3) is 0.647. The Balaban J connectivity index is 0.00000169. The summed E-state index contributed by atoms with van der Waals surface area (Å²) in [4.78, 5) is 2.37. The Kier molecular flexibility index (Phi) is 9.47. The molecule has 1 N–H and O–H groups in total. The van der Waals surface area contributed by atoms with Crippen molar-refractivity contribution in [1.29, 1.82) is 0 Å². The van der Waals surface area contributed by atoms with E-state index in [1.807, 2.05) is 6.07 Å². The van der Waals surface area contributed by atoms with Crippen LogP contribution in [0.5, 0.6) is 5.75 Å². The Morgan fingerprint density at radius 2 is 1.77 bits per heavy atom. The van der Waals surface area contributed by atoms with Crippen LogP contribution in [0.4, 0.5) is 13.2 Å². The molecule has 26 heavy (non-hydrogen) atoms. The molecule has 1 atom stereocenters. The summed E-state index contributed by atoms with van der Waals surface area (Å²) in [5, 5.41) is 3.33. The zero-order valence-corrected chi connectivity index (χ0v) is 16.0. The van der Waals surface area contributed by atoms with Crippen molar-refractivity contribution in [1.82, 2.24) is 10.2 Å². The second kappa shape index (κ2) is 10.6. The van der Waals surface area contributed by atoms with Crippen molar-refractivity contribution in [3.8, 4) is 5.75 Å². The Bertz CT molecular complexity index is 519. The van der Waals surface area contributed by atoms with E-state index in [-0.39, 0.29) is 36.6 Å². The number of nitrogens with one attached hydrogen (secondary N) is 1. The molecule has 2 fully saturated rings. The van der Waals surface area contributed by atoms with Crippen molar-refractivity contribution < 1.29 is 22.6 Å². The molecule has 2 aliphatic heterocycles. The maximum Gasteiger partial charge on any atom is 0.573 e. The fourth-order valence-corrected chi connectivity index (χ4v) is 3.67. The molecule has 0 spiro atoms. The molecule has 0 unspecified atom stereocenters. The van der Waals surface area contributed by atoms with Gasteiger partial charge in [0, 0.05) is 45.4 Å². The van der Waals surface area contributed by atoms with Crippen LogP contribution in [-0.4, -0.2) is 50.7 Å².